The van der Waals surface area contributed by atoms with Crippen molar-refractivity contribution in [1.82, 2.24) is 10.6 Å². The molecule has 1 saturated carbocycles. The second kappa shape index (κ2) is 15.5. The first-order valence-electron chi connectivity index (χ1n) is 9.74. The van der Waals surface area contributed by atoms with Crippen LogP contribution in [0.3, 0.4) is 0 Å². The number of unbranched alkanes of at least 4 members (excludes halogenated alkanes) is 2. The molecule has 7 heteroatoms. The van der Waals surface area contributed by atoms with Crippen LogP contribution in [0.5, 0.6) is 0 Å². The second-order valence-corrected chi connectivity index (χ2v) is 6.96. The Morgan fingerprint density at radius 2 is 1.85 bits per heavy atom. The van der Waals surface area contributed by atoms with Crippen molar-refractivity contribution in [2.24, 2.45) is 10.4 Å². The van der Waals surface area contributed by atoms with Gasteiger partial charge in [0.2, 0.25) is 0 Å². The Morgan fingerprint density at radius 3 is 2.46 bits per heavy atom. The molecule has 0 saturated heterocycles. The lowest BCUT2D eigenvalue weighted by atomic mass is 9.83. The van der Waals surface area contributed by atoms with Crippen LogP contribution in [-0.4, -0.2) is 52.4 Å². The van der Waals surface area contributed by atoms with E-state index >= 15 is 0 Å². The van der Waals surface area contributed by atoms with E-state index in [0.29, 0.717) is 11.8 Å². The molecule has 1 fully saturated rings. The summed E-state index contributed by atoms with van der Waals surface area (Å²) in [7, 11) is 3.21. The molecule has 0 spiro atoms. The molecular formula is C19H38IN3O3. The maximum atomic E-state index is 11.1. The van der Waals surface area contributed by atoms with E-state index in [2.05, 4.69) is 22.3 Å². The summed E-state index contributed by atoms with van der Waals surface area (Å²) in [6, 6.07) is 0. The van der Waals surface area contributed by atoms with Gasteiger partial charge >= 0.3 is 5.97 Å². The third kappa shape index (κ3) is 10.5. The Bertz CT molecular complexity index is 399. The number of esters is 1. The van der Waals surface area contributed by atoms with Crippen LogP contribution in [0.15, 0.2) is 4.99 Å². The summed E-state index contributed by atoms with van der Waals surface area (Å²) >= 11 is 0. The van der Waals surface area contributed by atoms with Crippen molar-refractivity contribution < 1.29 is 14.3 Å². The van der Waals surface area contributed by atoms with Crippen LogP contribution in [0.4, 0.5) is 0 Å². The summed E-state index contributed by atoms with van der Waals surface area (Å²) in [6.07, 6.45) is 9.65. The molecule has 2 N–H and O–H groups in total. The first-order chi connectivity index (χ1) is 12.2. The molecule has 0 aromatic rings. The minimum absolute atomic E-state index is 0. The predicted molar refractivity (Wildman–Crippen MR) is 117 cm³/mol. The van der Waals surface area contributed by atoms with Crippen molar-refractivity contribution in [3.05, 3.63) is 0 Å². The van der Waals surface area contributed by atoms with E-state index in [9.17, 15) is 4.79 Å². The standard InChI is InChI=1S/C19H37N3O3.HI/c1-4-20-18(21-14-9-5-6-10-17(23)25-3)22-16-19(13-15-24-2)11-7-8-12-19;/h4-16H2,1-3H3,(H2,20,21,22);1H. The number of hydrogen-bond donors (Lipinski definition) is 2. The quantitative estimate of drug-likeness (QED) is 0.146. The van der Waals surface area contributed by atoms with Gasteiger partial charge in [0.1, 0.15) is 0 Å². The number of ether oxygens (including phenoxy) is 2. The molecule has 0 radical (unpaired) electrons. The van der Waals surface area contributed by atoms with E-state index in [1.54, 1.807) is 7.11 Å². The minimum Gasteiger partial charge on any atom is -0.469 e. The first-order valence-corrected chi connectivity index (χ1v) is 9.74. The number of carbonyl (C=O) groups is 1. The molecule has 1 rings (SSSR count). The smallest absolute Gasteiger partial charge is 0.305 e. The number of guanidine groups is 1. The van der Waals surface area contributed by atoms with Crippen LogP contribution in [-0.2, 0) is 14.3 Å². The van der Waals surface area contributed by atoms with E-state index in [1.807, 2.05) is 0 Å². The normalized spacial score (nSPS) is 16.0. The van der Waals surface area contributed by atoms with Crippen molar-refractivity contribution in [3.8, 4) is 0 Å². The van der Waals surface area contributed by atoms with Gasteiger partial charge in [0.05, 0.1) is 7.11 Å². The van der Waals surface area contributed by atoms with Crippen molar-refractivity contribution in [1.29, 1.82) is 0 Å². The van der Waals surface area contributed by atoms with E-state index < -0.39 is 0 Å². The summed E-state index contributed by atoms with van der Waals surface area (Å²) in [5.41, 5.74) is 0.318. The summed E-state index contributed by atoms with van der Waals surface area (Å²) in [6.45, 7) is 5.51. The number of nitrogens with one attached hydrogen (secondary N) is 2. The van der Waals surface area contributed by atoms with Crippen molar-refractivity contribution in [2.75, 3.05) is 40.5 Å². The van der Waals surface area contributed by atoms with Gasteiger partial charge in [-0.2, -0.15) is 0 Å². The van der Waals surface area contributed by atoms with Crippen LogP contribution < -0.4 is 10.6 Å². The molecule has 0 aliphatic heterocycles. The average molecular weight is 483 g/mol. The summed E-state index contributed by atoms with van der Waals surface area (Å²) in [5.74, 6) is 0.778. The second-order valence-electron chi connectivity index (χ2n) is 6.96. The van der Waals surface area contributed by atoms with Gasteiger partial charge in [-0.25, -0.2) is 0 Å². The number of methoxy groups -OCH3 is 2. The van der Waals surface area contributed by atoms with E-state index in [1.165, 1.54) is 32.8 Å². The number of nitrogens with zero attached hydrogens (tertiary/aromatic N) is 1. The summed E-state index contributed by atoms with van der Waals surface area (Å²) in [5, 5.41) is 6.74. The van der Waals surface area contributed by atoms with E-state index in [0.717, 1.165) is 57.9 Å². The maximum absolute atomic E-state index is 11.1. The van der Waals surface area contributed by atoms with Gasteiger partial charge in [0, 0.05) is 39.8 Å². The average Bonchev–Trinajstić information content (AvgIpc) is 3.09. The topological polar surface area (TPSA) is 72.0 Å². The Morgan fingerprint density at radius 1 is 1.12 bits per heavy atom. The zero-order valence-corrected chi connectivity index (χ0v) is 19.1. The fourth-order valence-corrected chi connectivity index (χ4v) is 3.40. The highest BCUT2D eigenvalue weighted by Crippen LogP contribution is 2.41. The summed E-state index contributed by atoms with van der Waals surface area (Å²) in [4.78, 5) is 15.9. The number of halogens is 1. The van der Waals surface area contributed by atoms with Gasteiger partial charge in [0.25, 0.3) is 0 Å². The van der Waals surface area contributed by atoms with Crippen LogP contribution in [0, 0.1) is 5.41 Å². The number of carbonyl (C=O) groups excluding carboxylic acids is 1. The van der Waals surface area contributed by atoms with E-state index in [-0.39, 0.29) is 29.9 Å². The SMILES string of the molecule is CCNC(=NCC1(CCOC)CCCC1)NCCCCCC(=O)OC.I. The predicted octanol–water partition coefficient (Wildman–Crippen LogP) is 3.49. The zero-order valence-electron chi connectivity index (χ0n) is 16.8. The van der Waals surface area contributed by atoms with Crippen molar-refractivity contribution >= 4 is 35.9 Å². The van der Waals surface area contributed by atoms with Crippen molar-refractivity contribution in [3.63, 3.8) is 0 Å². The number of rotatable bonds is 12. The van der Waals surface area contributed by atoms with Crippen LogP contribution in [0.1, 0.15) is 64.7 Å². The molecule has 0 bridgehead atoms. The van der Waals surface area contributed by atoms with Gasteiger partial charge < -0.3 is 20.1 Å². The van der Waals surface area contributed by atoms with Gasteiger partial charge in [-0.3, -0.25) is 9.79 Å². The third-order valence-electron chi connectivity index (χ3n) is 5.00. The zero-order chi connectivity index (χ0) is 18.4. The lowest BCUT2D eigenvalue weighted by molar-refractivity contribution is -0.140. The number of aliphatic imine (C=N–C) groups is 1. The summed E-state index contributed by atoms with van der Waals surface area (Å²) < 4.78 is 9.95. The van der Waals surface area contributed by atoms with Crippen LogP contribution in [0.2, 0.25) is 0 Å². The molecular weight excluding hydrogens is 445 g/mol. The molecule has 26 heavy (non-hydrogen) atoms. The van der Waals surface area contributed by atoms with Crippen molar-refractivity contribution in [2.45, 2.75) is 64.7 Å². The molecule has 0 unspecified atom stereocenters. The van der Waals surface area contributed by atoms with Gasteiger partial charge in [-0.1, -0.05) is 19.3 Å². The largest absolute Gasteiger partial charge is 0.469 e. The monoisotopic (exact) mass is 483 g/mol. The first kappa shape index (κ1) is 25.4. The Labute approximate surface area is 176 Å². The lowest BCUT2D eigenvalue weighted by Crippen LogP contribution is -2.39. The Kier molecular flexibility index (Phi) is 15.1. The fourth-order valence-electron chi connectivity index (χ4n) is 3.40. The Hall–Kier alpha value is -0.570. The van der Waals surface area contributed by atoms with Gasteiger partial charge in [0.15, 0.2) is 5.96 Å². The Balaban J connectivity index is 0.00000625. The fraction of sp³-hybridized carbons (Fsp3) is 0.895. The van der Waals surface area contributed by atoms with Gasteiger partial charge in [-0.15, -0.1) is 24.0 Å². The molecule has 0 heterocycles. The third-order valence-corrected chi connectivity index (χ3v) is 5.00. The lowest BCUT2D eigenvalue weighted by Gasteiger charge is -2.27. The molecule has 0 aromatic carbocycles. The van der Waals surface area contributed by atoms with Crippen LogP contribution >= 0.6 is 24.0 Å². The molecule has 0 amide bonds. The minimum atomic E-state index is -0.124. The highest BCUT2D eigenvalue weighted by molar-refractivity contribution is 14.0. The number of hydrogen-bond acceptors (Lipinski definition) is 4. The molecule has 154 valence electrons. The van der Waals surface area contributed by atoms with Crippen LogP contribution in [0.25, 0.3) is 0 Å². The molecule has 1 aliphatic carbocycles. The molecule has 0 atom stereocenters. The van der Waals surface area contributed by atoms with E-state index in [4.69, 9.17) is 9.73 Å². The molecule has 6 nitrogen and oxygen atoms in total. The highest BCUT2D eigenvalue weighted by Gasteiger charge is 2.33. The molecule has 1 aliphatic rings. The highest BCUT2D eigenvalue weighted by atomic mass is 127. The maximum Gasteiger partial charge on any atom is 0.305 e. The molecule has 0 aromatic heterocycles. The van der Waals surface area contributed by atoms with Gasteiger partial charge in [-0.05, 0) is 44.4 Å².